The molecule has 2 unspecified atom stereocenters. The molecular formula is C18H20Cl2O. The first-order valence-electron chi connectivity index (χ1n) is 7.60. The van der Waals surface area contributed by atoms with E-state index < -0.39 is 0 Å². The van der Waals surface area contributed by atoms with Crippen LogP contribution in [-0.4, -0.2) is 11.5 Å². The molecule has 112 valence electrons. The lowest BCUT2D eigenvalue weighted by molar-refractivity contribution is -0.0453. The lowest BCUT2D eigenvalue weighted by atomic mass is 9.62. The van der Waals surface area contributed by atoms with E-state index in [2.05, 4.69) is 19.9 Å². The number of hydrogen-bond donors (Lipinski definition) is 0. The van der Waals surface area contributed by atoms with Gasteiger partial charge in [-0.25, -0.2) is 0 Å². The van der Waals surface area contributed by atoms with Crippen molar-refractivity contribution in [2.45, 2.75) is 44.6 Å². The van der Waals surface area contributed by atoms with Crippen molar-refractivity contribution in [1.29, 1.82) is 0 Å². The molecular weight excluding hydrogens is 303 g/mol. The third-order valence-electron chi connectivity index (χ3n) is 5.10. The molecule has 0 radical (unpaired) electrons. The van der Waals surface area contributed by atoms with Gasteiger partial charge in [0.1, 0.15) is 11.9 Å². The Morgan fingerprint density at radius 2 is 1.76 bits per heavy atom. The fourth-order valence-corrected chi connectivity index (χ4v) is 4.34. The van der Waals surface area contributed by atoms with Crippen LogP contribution in [0, 0.1) is 5.41 Å². The Labute approximate surface area is 136 Å². The maximum atomic E-state index is 6.48. The Hall–Kier alpha value is -0.920. The van der Waals surface area contributed by atoms with Gasteiger partial charge in [0.2, 0.25) is 0 Å². The second kappa shape index (κ2) is 5.70. The van der Waals surface area contributed by atoms with E-state index in [-0.39, 0.29) is 16.9 Å². The molecule has 0 saturated heterocycles. The molecule has 2 atom stereocenters. The third kappa shape index (κ3) is 2.31. The van der Waals surface area contributed by atoms with E-state index in [1.807, 2.05) is 30.3 Å². The Morgan fingerprint density at radius 3 is 2.38 bits per heavy atom. The first kappa shape index (κ1) is 15.0. The van der Waals surface area contributed by atoms with Crippen LogP contribution in [-0.2, 0) is 0 Å². The van der Waals surface area contributed by atoms with Crippen LogP contribution in [0.5, 0.6) is 5.75 Å². The van der Waals surface area contributed by atoms with Gasteiger partial charge in [0, 0.05) is 33.0 Å². The van der Waals surface area contributed by atoms with Crippen LogP contribution < -0.4 is 4.74 Å². The fourth-order valence-electron chi connectivity index (χ4n) is 3.50. The third-order valence-corrected chi connectivity index (χ3v) is 6.05. The van der Waals surface area contributed by atoms with Crippen molar-refractivity contribution < 1.29 is 4.74 Å². The number of benzene rings is 2. The van der Waals surface area contributed by atoms with Crippen molar-refractivity contribution in [3.8, 4) is 5.75 Å². The lowest BCUT2D eigenvalue weighted by Crippen LogP contribution is -2.56. The van der Waals surface area contributed by atoms with Crippen LogP contribution in [0.1, 0.15) is 33.1 Å². The van der Waals surface area contributed by atoms with E-state index in [1.54, 1.807) is 0 Å². The molecule has 0 bridgehead atoms. The molecule has 21 heavy (non-hydrogen) atoms. The normalized spacial score (nSPS) is 23.8. The molecule has 0 aliphatic heterocycles. The minimum Gasteiger partial charge on any atom is -0.489 e. The van der Waals surface area contributed by atoms with Gasteiger partial charge in [0.05, 0.1) is 0 Å². The molecule has 2 aromatic rings. The summed E-state index contributed by atoms with van der Waals surface area (Å²) in [6, 6.07) is 12.0. The van der Waals surface area contributed by atoms with Gasteiger partial charge < -0.3 is 4.74 Å². The van der Waals surface area contributed by atoms with Crippen LogP contribution >= 0.6 is 23.2 Å². The van der Waals surface area contributed by atoms with Crippen LogP contribution in [0.2, 0.25) is 5.02 Å². The van der Waals surface area contributed by atoms with Crippen LogP contribution in [0.3, 0.4) is 0 Å². The number of ether oxygens (including phenoxy) is 1. The van der Waals surface area contributed by atoms with Crippen LogP contribution in [0.15, 0.2) is 36.4 Å². The zero-order valence-corrected chi connectivity index (χ0v) is 13.9. The predicted molar refractivity (Wildman–Crippen MR) is 90.6 cm³/mol. The van der Waals surface area contributed by atoms with E-state index in [1.165, 1.54) is 0 Å². The van der Waals surface area contributed by atoms with Crippen molar-refractivity contribution in [2.75, 3.05) is 0 Å². The molecule has 0 heterocycles. The summed E-state index contributed by atoms with van der Waals surface area (Å²) < 4.78 is 6.34. The topological polar surface area (TPSA) is 9.23 Å². The average Bonchev–Trinajstić information content (AvgIpc) is 2.51. The Balaban J connectivity index is 1.95. The van der Waals surface area contributed by atoms with E-state index in [0.717, 1.165) is 40.8 Å². The molecule has 1 aliphatic rings. The summed E-state index contributed by atoms with van der Waals surface area (Å²) in [5.74, 6) is 0.912. The Morgan fingerprint density at radius 1 is 1.10 bits per heavy atom. The van der Waals surface area contributed by atoms with Gasteiger partial charge in [0.25, 0.3) is 0 Å². The fraction of sp³-hybridized carbons (Fsp3) is 0.444. The maximum absolute atomic E-state index is 6.48. The predicted octanol–water partition coefficient (Wildman–Crippen LogP) is 6.06. The molecule has 1 fully saturated rings. The van der Waals surface area contributed by atoms with Gasteiger partial charge >= 0.3 is 0 Å². The second-order valence-electron chi connectivity index (χ2n) is 5.84. The molecule has 3 heteroatoms. The van der Waals surface area contributed by atoms with Crippen molar-refractivity contribution in [1.82, 2.24) is 0 Å². The molecule has 1 saturated carbocycles. The summed E-state index contributed by atoms with van der Waals surface area (Å²) in [7, 11) is 0. The van der Waals surface area contributed by atoms with Gasteiger partial charge in [0.15, 0.2) is 0 Å². The molecule has 0 amide bonds. The number of alkyl halides is 1. The molecule has 2 aromatic carbocycles. The largest absolute Gasteiger partial charge is 0.489 e. The number of halogens is 2. The summed E-state index contributed by atoms with van der Waals surface area (Å²) in [5.41, 5.74) is 0.0995. The highest BCUT2D eigenvalue weighted by molar-refractivity contribution is 6.35. The highest BCUT2D eigenvalue weighted by atomic mass is 35.5. The minimum absolute atomic E-state index is 0.0995. The molecule has 3 rings (SSSR count). The van der Waals surface area contributed by atoms with Gasteiger partial charge in [-0.1, -0.05) is 49.7 Å². The van der Waals surface area contributed by atoms with E-state index in [0.29, 0.717) is 0 Å². The standard InChI is InChI=1S/C18H20Cl2O/c1-3-18(4-2)16(20)11-17(18)21-15-10-9-14(19)12-7-5-6-8-13(12)15/h5-10,16-17H,3-4,11H2,1-2H3. The lowest BCUT2D eigenvalue weighted by Gasteiger charge is -2.52. The van der Waals surface area contributed by atoms with Gasteiger partial charge in [-0.2, -0.15) is 0 Å². The average molecular weight is 323 g/mol. The quantitative estimate of drug-likeness (QED) is 0.622. The smallest absolute Gasteiger partial charge is 0.127 e. The monoisotopic (exact) mass is 322 g/mol. The van der Waals surface area contributed by atoms with Crippen molar-refractivity contribution in [2.24, 2.45) is 5.41 Å². The summed E-state index contributed by atoms with van der Waals surface area (Å²) >= 11 is 12.7. The number of fused-ring (bicyclic) bond motifs is 1. The first-order chi connectivity index (χ1) is 10.1. The highest BCUT2D eigenvalue weighted by Gasteiger charge is 2.53. The maximum Gasteiger partial charge on any atom is 0.127 e. The molecule has 1 aliphatic carbocycles. The highest BCUT2D eigenvalue weighted by Crippen LogP contribution is 2.52. The van der Waals surface area contributed by atoms with E-state index >= 15 is 0 Å². The zero-order valence-electron chi connectivity index (χ0n) is 12.4. The van der Waals surface area contributed by atoms with E-state index in [4.69, 9.17) is 27.9 Å². The molecule has 0 aromatic heterocycles. The number of rotatable bonds is 4. The van der Waals surface area contributed by atoms with Crippen molar-refractivity contribution in [3.63, 3.8) is 0 Å². The summed E-state index contributed by atoms with van der Waals surface area (Å²) in [6.45, 7) is 4.41. The molecule has 1 nitrogen and oxygen atoms in total. The number of hydrogen-bond acceptors (Lipinski definition) is 1. The van der Waals surface area contributed by atoms with Crippen LogP contribution in [0.25, 0.3) is 10.8 Å². The van der Waals surface area contributed by atoms with Gasteiger partial charge in [-0.05, 0) is 25.0 Å². The van der Waals surface area contributed by atoms with Crippen LogP contribution in [0.4, 0.5) is 0 Å². The summed E-state index contributed by atoms with van der Waals surface area (Å²) in [4.78, 5) is 0. The summed E-state index contributed by atoms with van der Waals surface area (Å²) in [6.07, 6.45) is 3.21. The Bertz CT molecular complexity index is 649. The van der Waals surface area contributed by atoms with Crippen molar-refractivity contribution in [3.05, 3.63) is 41.4 Å². The molecule has 0 N–H and O–H groups in total. The van der Waals surface area contributed by atoms with Gasteiger partial charge in [-0.15, -0.1) is 11.6 Å². The van der Waals surface area contributed by atoms with Gasteiger partial charge in [-0.3, -0.25) is 0 Å². The molecule has 0 spiro atoms. The zero-order chi connectivity index (χ0) is 15.0. The van der Waals surface area contributed by atoms with E-state index in [9.17, 15) is 0 Å². The minimum atomic E-state index is 0.0995. The van der Waals surface area contributed by atoms with Crippen molar-refractivity contribution >= 4 is 34.0 Å². The summed E-state index contributed by atoms with van der Waals surface area (Å²) in [5, 5.41) is 3.09. The SMILES string of the molecule is CCC1(CC)C(Cl)CC1Oc1ccc(Cl)c2ccccc12. The first-order valence-corrected chi connectivity index (χ1v) is 8.41. The second-order valence-corrected chi connectivity index (χ2v) is 6.78. The Kier molecular flexibility index (Phi) is 4.07.